The fraction of sp³-hybridized carbons (Fsp3) is 0.0476. The molecule has 0 aliphatic heterocycles. The van der Waals surface area contributed by atoms with Crippen molar-refractivity contribution in [1.82, 2.24) is 4.98 Å². The highest BCUT2D eigenvalue weighted by Crippen LogP contribution is 2.40. The van der Waals surface area contributed by atoms with Crippen LogP contribution in [0.4, 0.5) is 8.78 Å². The van der Waals surface area contributed by atoms with Crippen LogP contribution in [-0.2, 0) is 0 Å². The minimum Gasteiger partial charge on any atom is -0.497 e. The van der Waals surface area contributed by atoms with E-state index in [1.54, 1.807) is 43.5 Å². The van der Waals surface area contributed by atoms with Crippen LogP contribution in [-0.4, -0.2) is 12.1 Å². The molecule has 0 saturated carbocycles. The van der Waals surface area contributed by atoms with Crippen LogP contribution in [0, 0.1) is 11.6 Å². The first-order valence-corrected chi connectivity index (χ1v) is 7.88. The molecule has 1 heterocycles. The number of benzene rings is 3. The van der Waals surface area contributed by atoms with Crippen molar-refractivity contribution in [2.24, 2.45) is 0 Å². The van der Waals surface area contributed by atoms with Crippen molar-refractivity contribution in [3.63, 3.8) is 0 Å². The normalized spacial score (nSPS) is 11.0. The monoisotopic (exact) mass is 335 g/mol. The van der Waals surface area contributed by atoms with Gasteiger partial charge in [-0.05, 0) is 30.3 Å². The smallest absolute Gasteiger partial charge is 0.132 e. The molecule has 124 valence electrons. The van der Waals surface area contributed by atoms with Gasteiger partial charge in [0, 0.05) is 28.1 Å². The van der Waals surface area contributed by atoms with Crippen LogP contribution in [0.15, 0.2) is 66.7 Å². The van der Waals surface area contributed by atoms with Crippen LogP contribution in [0.5, 0.6) is 5.75 Å². The van der Waals surface area contributed by atoms with Crippen LogP contribution in [0.1, 0.15) is 0 Å². The lowest BCUT2D eigenvalue weighted by molar-refractivity contribution is 0.415. The van der Waals surface area contributed by atoms with Crippen LogP contribution in [0.2, 0.25) is 0 Å². The number of methoxy groups -OCH3 is 1. The predicted molar refractivity (Wildman–Crippen MR) is 95.6 cm³/mol. The molecule has 25 heavy (non-hydrogen) atoms. The summed E-state index contributed by atoms with van der Waals surface area (Å²) in [5.41, 5.74) is 2.77. The number of hydrogen-bond donors (Lipinski definition) is 1. The van der Waals surface area contributed by atoms with Gasteiger partial charge in [-0.2, -0.15) is 0 Å². The Morgan fingerprint density at radius 2 is 1.44 bits per heavy atom. The van der Waals surface area contributed by atoms with E-state index in [9.17, 15) is 8.78 Å². The number of fused-ring (bicyclic) bond motifs is 1. The van der Waals surface area contributed by atoms with Crippen LogP contribution < -0.4 is 4.74 Å². The highest BCUT2D eigenvalue weighted by atomic mass is 19.1. The summed E-state index contributed by atoms with van der Waals surface area (Å²) in [4.78, 5) is 3.24. The summed E-state index contributed by atoms with van der Waals surface area (Å²) in [6.07, 6.45) is 0. The molecule has 1 aromatic heterocycles. The zero-order valence-electron chi connectivity index (χ0n) is 13.5. The standard InChI is InChI=1S/C21H15F2NO/c1-25-13-10-11-16-19(12-13)24-21(15-7-3-5-9-18(15)23)20(16)14-6-2-4-8-17(14)22/h2-12,24H,1H3. The number of halogens is 2. The van der Waals surface area contributed by atoms with E-state index in [0.29, 0.717) is 28.1 Å². The summed E-state index contributed by atoms with van der Waals surface area (Å²) in [6.45, 7) is 0. The summed E-state index contributed by atoms with van der Waals surface area (Å²) >= 11 is 0. The number of rotatable bonds is 3. The predicted octanol–water partition coefficient (Wildman–Crippen LogP) is 5.79. The second-order valence-corrected chi connectivity index (χ2v) is 5.75. The molecule has 3 aromatic carbocycles. The largest absolute Gasteiger partial charge is 0.497 e. The fourth-order valence-corrected chi connectivity index (χ4v) is 3.11. The van der Waals surface area contributed by atoms with Gasteiger partial charge in [-0.1, -0.05) is 30.3 Å². The highest BCUT2D eigenvalue weighted by Gasteiger charge is 2.19. The molecule has 4 rings (SSSR count). The number of ether oxygens (including phenoxy) is 1. The van der Waals surface area contributed by atoms with E-state index < -0.39 is 0 Å². The maximum Gasteiger partial charge on any atom is 0.132 e. The van der Waals surface area contributed by atoms with Crippen molar-refractivity contribution < 1.29 is 13.5 Å². The molecular formula is C21H15F2NO. The second-order valence-electron chi connectivity index (χ2n) is 5.75. The van der Waals surface area contributed by atoms with Crippen molar-refractivity contribution in [1.29, 1.82) is 0 Å². The summed E-state index contributed by atoms with van der Waals surface area (Å²) in [7, 11) is 1.58. The van der Waals surface area contributed by atoms with Crippen molar-refractivity contribution in [3.05, 3.63) is 78.4 Å². The van der Waals surface area contributed by atoms with Gasteiger partial charge >= 0.3 is 0 Å². The molecule has 4 aromatic rings. The zero-order valence-corrected chi connectivity index (χ0v) is 13.5. The Kier molecular flexibility index (Phi) is 3.73. The Morgan fingerprint density at radius 1 is 0.800 bits per heavy atom. The number of hydrogen-bond acceptors (Lipinski definition) is 1. The Hall–Kier alpha value is -3.14. The first-order chi connectivity index (χ1) is 12.2. The number of nitrogens with one attached hydrogen (secondary N) is 1. The number of aromatic amines is 1. The lowest BCUT2D eigenvalue weighted by Gasteiger charge is -2.08. The van der Waals surface area contributed by atoms with E-state index in [4.69, 9.17) is 4.74 Å². The minimum absolute atomic E-state index is 0.350. The van der Waals surface area contributed by atoms with Gasteiger partial charge < -0.3 is 9.72 Å². The van der Waals surface area contributed by atoms with Crippen molar-refractivity contribution in [3.8, 4) is 28.1 Å². The topological polar surface area (TPSA) is 25.0 Å². The molecule has 0 unspecified atom stereocenters. The van der Waals surface area contributed by atoms with E-state index in [1.165, 1.54) is 12.1 Å². The molecule has 0 atom stereocenters. The fourth-order valence-electron chi connectivity index (χ4n) is 3.11. The average molecular weight is 335 g/mol. The van der Waals surface area contributed by atoms with Crippen molar-refractivity contribution in [2.75, 3.05) is 7.11 Å². The quantitative estimate of drug-likeness (QED) is 0.504. The molecule has 0 spiro atoms. The molecule has 2 nitrogen and oxygen atoms in total. The SMILES string of the molecule is COc1ccc2c(-c3ccccc3F)c(-c3ccccc3F)[nH]c2c1. The van der Waals surface area contributed by atoms with Crippen molar-refractivity contribution in [2.45, 2.75) is 0 Å². The third-order valence-electron chi connectivity index (χ3n) is 4.29. The number of H-pyrrole nitrogens is 1. The summed E-state index contributed by atoms with van der Waals surface area (Å²) < 4.78 is 34.2. The molecule has 0 bridgehead atoms. The minimum atomic E-state index is -0.362. The van der Waals surface area contributed by atoms with Crippen LogP contribution in [0.25, 0.3) is 33.3 Å². The maximum absolute atomic E-state index is 14.5. The van der Waals surface area contributed by atoms with Gasteiger partial charge in [0.15, 0.2) is 0 Å². The van der Waals surface area contributed by atoms with Gasteiger partial charge in [0.2, 0.25) is 0 Å². The Balaban J connectivity index is 2.09. The summed E-state index contributed by atoms with van der Waals surface area (Å²) in [5.74, 6) is -0.0377. The third kappa shape index (κ3) is 2.56. The van der Waals surface area contributed by atoms with E-state index in [1.807, 2.05) is 18.2 Å². The molecule has 0 aliphatic rings. The van der Waals surface area contributed by atoms with Crippen molar-refractivity contribution >= 4 is 10.9 Å². The molecule has 0 saturated heterocycles. The van der Waals surface area contributed by atoms with Gasteiger partial charge in [0.05, 0.1) is 18.3 Å². The first kappa shape index (κ1) is 15.4. The molecule has 0 aliphatic carbocycles. The Morgan fingerprint density at radius 3 is 2.08 bits per heavy atom. The van der Waals surface area contributed by atoms with E-state index in [2.05, 4.69) is 4.98 Å². The third-order valence-corrected chi connectivity index (χ3v) is 4.29. The summed E-state index contributed by atoms with van der Waals surface area (Å²) in [5, 5.41) is 0.809. The molecule has 0 radical (unpaired) electrons. The van der Waals surface area contributed by atoms with E-state index in [0.717, 1.165) is 10.9 Å². The second kappa shape index (κ2) is 6.06. The van der Waals surface area contributed by atoms with E-state index in [-0.39, 0.29) is 11.6 Å². The van der Waals surface area contributed by atoms with Gasteiger partial charge in [-0.15, -0.1) is 0 Å². The van der Waals surface area contributed by atoms with Crippen LogP contribution >= 0.6 is 0 Å². The Labute approximate surface area is 143 Å². The van der Waals surface area contributed by atoms with Gasteiger partial charge in [0.1, 0.15) is 17.4 Å². The molecular weight excluding hydrogens is 320 g/mol. The van der Waals surface area contributed by atoms with E-state index >= 15 is 0 Å². The lowest BCUT2D eigenvalue weighted by Crippen LogP contribution is -1.89. The van der Waals surface area contributed by atoms with Gasteiger partial charge in [0.25, 0.3) is 0 Å². The zero-order chi connectivity index (χ0) is 17.4. The molecule has 0 amide bonds. The lowest BCUT2D eigenvalue weighted by atomic mass is 9.97. The molecule has 1 N–H and O–H groups in total. The average Bonchev–Trinajstić information content (AvgIpc) is 3.00. The number of aromatic nitrogens is 1. The molecule has 4 heteroatoms. The first-order valence-electron chi connectivity index (χ1n) is 7.88. The molecule has 0 fully saturated rings. The van der Waals surface area contributed by atoms with Crippen LogP contribution in [0.3, 0.4) is 0 Å². The van der Waals surface area contributed by atoms with Gasteiger partial charge in [-0.3, -0.25) is 0 Å². The maximum atomic E-state index is 14.5. The highest BCUT2D eigenvalue weighted by molar-refractivity contribution is 6.04. The Bertz CT molecular complexity index is 1070. The summed E-state index contributed by atoms with van der Waals surface area (Å²) in [6, 6.07) is 18.5. The van der Waals surface area contributed by atoms with Gasteiger partial charge in [-0.25, -0.2) is 8.78 Å².